The van der Waals surface area contributed by atoms with Crippen molar-refractivity contribution in [2.75, 3.05) is 53.4 Å². The molecule has 1 aliphatic heterocycles. The van der Waals surface area contributed by atoms with E-state index >= 15 is 0 Å². The van der Waals surface area contributed by atoms with Crippen LogP contribution in [0.2, 0.25) is 0 Å². The highest BCUT2D eigenvalue weighted by atomic mass is 16.3. The normalized spacial score (nSPS) is 22.3. The molecule has 21 heavy (non-hydrogen) atoms. The lowest BCUT2D eigenvalue weighted by atomic mass is 10.1. The van der Waals surface area contributed by atoms with Gasteiger partial charge in [-0.25, -0.2) is 4.79 Å². The van der Waals surface area contributed by atoms with Gasteiger partial charge in [-0.15, -0.1) is 0 Å². The highest BCUT2D eigenvalue weighted by molar-refractivity contribution is 5.74. The zero-order chi connectivity index (χ0) is 15.3. The first-order chi connectivity index (χ1) is 10.0. The Kier molecular flexibility index (Phi) is 5.84. The topological polar surface area (TPSA) is 67.8 Å². The van der Waals surface area contributed by atoms with Gasteiger partial charge in [0.25, 0.3) is 0 Å². The lowest BCUT2D eigenvalue weighted by Crippen LogP contribution is -2.49. The van der Waals surface area contributed by atoms with E-state index in [1.807, 2.05) is 0 Å². The monoisotopic (exact) mass is 298 g/mol. The van der Waals surface area contributed by atoms with Crippen LogP contribution in [-0.4, -0.2) is 80.4 Å². The van der Waals surface area contributed by atoms with Crippen LogP contribution in [0.4, 0.5) is 4.79 Å². The van der Waals surface area contributed by atoms with E-state index < -0.39 is 0 Å². The molecule has 1 saturated carbocycles. The smallest absolute Gasteiger partial charge is 0.315 e. The van der Waals surface area contributed by atoms with Gasteiger partial charge in [0.2, 0.25) is 0 Å². The minimum absolute atomic E-state index is 0.0209. The SMILES string of the molecule is CN(C)CCN1CCC(NC(=O)NCC2(CO)CC2)CC1. The number of piperidine rings is 1. The van der Waals surface area contributed by atoms with Crippen LogP contribution in [0.15, 0.2) is 0 Å². The lowest BCUT2D eigenvalue weighted by molar-refractivity contribution is 0.177. The maximum atomic E-state index is 11.9. The summed E-state index contributed by atoms with van der Waals surface area (Å²) < 4.78 is 0. The van der Waals surface area contributed by atoms with Gasteiger partial charge in [-0.1, -0.05) is 0 Å². The number of carbonyl (C=O) groups is 1. The first-order valence-corrected chi connectivity index (χ1v) is 8.05. The van der Waals surface area contributed by atoms with Crippen LogP contribution in [0.1, 0.15) is 25.7 Å². The van der Waals surface area contributed by atoms with E-state index in [2.05, 4.69) is 34.5 Å². The molecule has 2 rings (SSSR count). The standard InChI is InChI=1S/C15H30N4O2/c1-18(2)9-10-19-7-3-13(4-8-19)17-14(21)16-11-15(12-20)5-6-15/h13,20H,3-12H2,1-2H3,(H2,16,17,21). The number of nitrogens with zero attached hydrogens (tertiary/aromatic N) is 2. The van der Waals surface area contributed by atoms with Gasteiger partial charge in [0.1, 0.15) is 0 Å². The minimum atomic E-state index is -0.0820. The van der Waals surface area contributed by atoms with E-state index in [0.717, 1.165) is 51.9 Å². The zero-order valence-corrected chi connectivity index (χ0v) is 13.4. The van der Waals surface area contributed by atoms with E-state index in [1.54, 1.807) is 0 Å². The molecule has 0 radical (unpaired) electrons. The maximum absolute atomic E-state index is 11.9. The number of likely N-dealkylation sites (N-methyl/N-ethyl adjacent to an activating group) is 1. The summed E-state index contributed by atoms with van der Waals surface area (Å²) in [4.78, 5) is 16.5. The molecule has 1 aliphatic carbocycles. The van der Waals surface area contributed by atoms with Crippen LogP contribution in [0, 0.1) is 5.41 Å². The number of amides is 2. The van der Waals surface area contributed by atoms with Gasteiger partial charge < -0.3 is 25.5 Å². The van der Waals surface area contributed by atoms with Gasteiger partial charge in [0.15, 0.2) is 0 Å². The molecule has 1 heterocycles. The Hall–Kier alpha value is -0.850. The van der Waals surface area contributed by atoms with Crippen molar-refractivity contribution in [1.82, 2.24) is 20.4 Å². The van der Waals surface area contributed by atoms with Crippen LogP contribution >= 0.6 is 0 Å². The summed E-state index contributed by atoms with van der Waals surface area (Å²) in [6.45, 7) is 5.07. The molecule has 3 N–H and O–H groups in total. The number of hydrogen-bond donors (Lipinski definition) is 3. The van der Waals surface area contributed by atoms with Crippen LogP contribution < -0.4 is 10.6 Å². The van der Waals surface area contributed by atoms with Gasteiger partial charge in [-0.3, -0.25) is 0 Å². The number of hydrogen-bond acceptors (Lipinski definition) is 4. The Morgan fingerprint density at radius 3 is 2.52 bits per heavy atom. The van der Waals surface area contributed by atoms with E-state index in [9.17, 15) is 9.90 Å². The van der Waals surface area contributed by atoms with Gasteiger partial charge in [0, 0.05) is 44.2 Å². The first kappa shape index (κ1) is 16.5. The fraction of sp³-hybridized carbons (Fsp3) is 0.933. The second-order valence-electron chi connectivity index (χ2n) is 6.90. The molecule has 6 nitrogen and oxygen atoms in total. The molecule has 0 aromatic heterocycles. The van der Waals surface area contributed by atoms with Crippen LogP contribution in [0.5, 0.6) is 0 Å². The second kappa shape index (κ2) is 7.42. The molecule has 2 fully saturated rings. The Labute approximate surface area is 127 Å². The third-order valence-corrected chi connectivity index (χ3v) is 4.70. The number of urea groups is 1. The summed E-state index contributed by atoms with van der Waals surface area (Å²) in [6.07, 6.45) is 4.08. The number of rotatable bonds is 7. The van der Waals surface area contributed by atoms with Crippen molar-refractivity contribution < 1.29 is 9.90 Å². The summed E-state index contributed by atoms with van der Waals surface area (Å²) in [5.74, 6) is 0. The summed E-state index contributed by atoms with van der Waals surface area (Å²) in [5.41, 5.74) is -0.0209. The van der Waals surface area contributed by atoms with E-state index in [4.69, 9.17) is 0 Å². The maximum Gasteiger partial charge on any atom is 0.315 e. The average Bonchev–Trinajstić information content (AvgIpc) is 3.25. The van der Waals surface area contributed by atoms with Crippen molar-refractivity contribution in [3.8, 4) is 0 Å². The third-order valence-electron chi connectivity index (χ3n) is 4.70. The molecular formula is C15H30N4O2. The largest absolute Gasteiger partial charge is 0.396 e. The Bertz CT molecular complexity index is 337. The van der Waals surface area contributed by atoms with Gasteiger partial charge in [-0.05, 0) is 39.8 Å². The van der Waals surface area contributed by atoms with E-state index in [1.165, 1.54) is 0 Å². The number of aliphatic hydroxyl groups is 1. The van der Waals surface area contributed by atoms with Crippen molar-refractivity contribution in [1.29, 1.82) is 0 Å². The first-order valence-electron chi connectivity index (χ1n) is 8.05. The van der Waals surface area contributed by atoms with Crippen molar-refractivity contribution in [3.63, 3.8) is 0 Å². The molecule has 0 bridgehead atoms. The quantitative estimate of drug-likeness (QED) is 0.623. The van der Waals surface area contributed by atoms with E-state index in [0.29, 0.717) is 6.54 Å². The molecule has 0 atom stereocenters. The summed E-state index contributed by atoms with van der Waals surface area (Å²) in [6, 6.07) is 0.200. The number of nitrogens with one attached hydrogen (secondary N) is 2. The Morgan fingerprint density at radius 2 is 2.00 bits per heavy atom. The van der Waals surface area contributed by atoms with Gasteiger partial charge >= 0.3 is 6.03 Å². The predicted molar refractivity (Wildman–Crippen MR) is 83.3 cm³/mol. The molecule has 0 aromatic rings. The molecule has 2 amide bonds. The van der Waals surface area contributed by atoms with Crippen molar-refractivity contribution in [2.24, 2.45) is 5.41 Å². The fourth-order valence-corrected chi connectivity index (χ4v) is 2.71. The van der Waals surface area contributed by atoms with E-state index in [-0.39, 0.29) is 24.1 Å². The summed E-state index contributed by atoms with van der Waals surface area (Å²) >= 11 is 0. The molecule has 0 unspecified atom stereocenters. The van der Waals surface area contributed by atoms with Crippen molar-refractivity contribution in [2.45, 2.75) is 31.7 Å². The summed E-state index contributed by atoms with van der Waals surface area (Å²) in [5, 5.41) is 15.2. The highest BCUT2D eigenvalue weighted by Crippen LogP contribution is 2.44. The van der Waals surface area contributed by atoms with Crippen LogP contribution in [0.3, 0.4) is 0 Å². The number of likely N-dealkylation sites (tertiary alicyclic amines) is 1. The lowest BCUT2D eigenvalue weighted by Gasteiger charge is -2.33. The highest BCUT2D eigenvalue weighted by Gasteiger charge is 2.42. The molecule has 2 aliphatic rings. The fourth-order valence-electron chi connectivity index (χ4n) is 2.71. The molecule has 122 valence electrons. The minimum Gasteiger partial charge on any atom is -0.396 e. The molecule has 6 heteroatoms. The average molecular weight is 298 g/mol. The van der Waals surface area contributed by atoms with Gasteiger partial charge in [-0.2, -0.15) is 0 Å². The molecular weight excluding hydrogens is 268 g/mol. The number of carbonyl (C=O) groups excluding carboxylic acids is 1. The molecule has 0 aromatic carbocycles. The van der Waals surface area contributed by atoms with Gasteiger partial charge in [0.05, 0.1) is 6.61 Å². The van der Waals surface area contributed by atoms with Crippen molar-refractivity contribution >= 4 is 6.03 Å². The number of aliphatic hydroxyl groups excluding tert-OH is 1. The molecule has 1 saturated heterocycles. The zero-order valence-electron chi connectivity index (χ0n) is 13.4. The second-order valence-corrected chi connectivity index (χ2v) is 6.90. The van der Waals surface area contributed by atoms with Crippen LogP contribution in [0.25, 0.3) is 0 Å². The Balaban J connectivity index is 1.58. The third kappa shape index (κ3) is 5.45. The summed E-state index contributed by atoms with van der Waals surface area (Å²) in [7, 11) is 4.19. The Morgan fingerprint density at radius 1 is 1.33 bits per heavy atom. The van der Waals surface area contributed by atoms with Crippen LogP contribution in [-0.2, 0) is 0 Å². The predicted octanol–water partition coefficient (Wildman–Crippen LogP) is 0.0841. The molecule has 0 spiro atoms. The van der Waals surface area contributed by atoms with Crippen molar-refractivity contribution in [3.05, 3.63) is 0 Å².